The second-order valence-electron chi connectivity index (χ2n) is 6.01. The number of sulfonamides is 1. The fraction of sp³-hybridized carbons (Fsp3) is 0.333. The minimum atomic E-state index is -3.98. The Balaban J connectivity index is 1.68. The van der Waals surface area contributed by atoms with Crippen LogP contribution in [0, 0.1) is 0 Å². The number of anilines is 1. The molecule has 1 saturated heterocycles. The number of alkyl halides is 2. The monoisotopic (exact) mass is 382 g/mol. The Morgan fingerprint density at radius 3 is 2.35 bits per heavy atom. The Morgan fingerprint density at radius 2 is 1.69 bits per heavy atom. The molecule has 0 unspecified atom stereocenters. The molecular weight excluding hydrogens is 362 g/mol. The quantitative estimate of drug-likeness (QED) is 0.798. The molecule has 0 spiro atoms. The van der Waals surface area contributed by atoms with Gasteiger partial charge in [0.25, 0.3) is 0 Å². The van der Waals surface area contributed by atoms with E-state index in [9.17, 15) is 17.2 Å². The predicted molar refractivity (Wildman–Crippen MR) is 95.0 cm³/mol. The highest BCUT2D eigenvalue weighted by Crippen LogP contribution is 2.25. The van der Waals surface area contributed by atoms with Crippen LogP contribution in [0.4, 0.5) is 14.5 Å². The first kappa shape index (κ1) is 18.6. The molecule has 0 amide bonds. The van der Waals surface area contributed by atoms with Crippen LogP contribution in [0.3, 0.4) is 0 Å². The van der Waals surface area contributed by atoms with Gasteiger partial charge in [-0.3, -0.25) is 0 Å². The summed E-state index contributed by atoms with van der Waals surface area (Å²) in [5, 5.41) is 0. The van der Waals surface area contributed by atoms with Crippen LogP contribution in [0.2, 0.25) is 0 Å². The van der Waals surface area contributed by atoms with Crippen molar-refractivity contribution in [1.29, 1.82) is 0 Å². The van der Waals surface area contributed by atoms with Gasteiger partial charge in [0.05, 0.1) is 0 Å². The van der Waals surface area contributed by atoms with Crippen LogP contribution in [0.1, 0.15) is 18.4 Å². The molecule has 26 heavy (non-hydrogen) atoms. The number of nitrogens with zero attached hydrogens (tertiary/aromatic N) is 1. The molecule has 1 aliphatic heterocycles. The fourth-order valence-corrected chi connectivity index (χ4v) is 4.07. The first-order valence-electron chi connectivity index (χ1n) is 8.33. The summed E-state index contributed by atoms with van der Waals surface area (Å²) in [4.78, 5) is 1.97. The van der Waals surface area contributed by atoms with E-state index in [1.54, 1.807) is 0 Å². The van der Waals surface area contributed by atoms with Gasteiger partial charge in [-0.2, -0.15) is 8.78 Å². The Hall–Kier alpha value is -2.19. The predicted octanol–water partition coefficient (Wildman–Crippen LogP) is 3.37. The second-order valence-corrected chi connectivity index (χ2v) is 7.75. The van der Waals surface area contributed by atoms with Crippen molar-refractivity contribution in [1.82, 2.24) is 4.72 Å². The van der Waals surface area contributed by atoms with E-state index in [-0.39, 0.29) is 17.2 Å². The van der Waals surface area contributed by atoms with Crippen LogP contribution >= 0.6 is 0 Å². The van der Waals surface area contributed by atoms with E-state index in [1.165, 1.54) is 37.1 Å². The van der Waals surface area contributed by atoms with Crippen molar-refractivity contribution < 1.29 is 21.9 Å². The van der Waals surface area contributed by atoms with E-state index >= 15 is 0 Å². The van der Waals surface area contributed by atoms with Gasteiger partial charge >= 0.3 is 6.61 Å². The van der Waals surface area contributed by atoms with E-state index in [1.807, 2.05) is 24.3 Å². The summed E-state index contributed by atoms with van der Waals surface area (Å²) in [6.45, 7) is -0.963. The summed E-state index contributed by atoms with van der Waals surface area (Å²) >= 11 is 0. The highest BCUT2D eigenvalue weighted by atomic mass is 32.2. The third kappa shape index (κ3) is 4.50. The van der Waals surface area contributed by atoms with Gasteiger partial charge in [-0.15, -0.1) is 0 Å². The summed E-state index contributed by atoms with van der Waals surface area (Å²) in [5.74, 6) is -0.376. The average Bonchev–Trinajstić information content (AvgIpc) is 3.15. The molecular formula is C18H20F2N2O3S. The lowest BCUT2D eigenvalue weighted by Gasteiger charge is -2.18. The Morgan fingerprint density at radius 1 is 1.04 bits per heavy atom. The molecule has 3 rings (SSSR count). The zero-order valence-corrected chi connectivity index (χ0v) is 14.9. The molecule has 8 heteroatoms. The maximum atomic E-state index is 12.5. The third-order valence-electron chi connectivity index (χ3n) is 4.23. The molecule has 1 aliphatic rings. The van der Waals surface area contributed by atoms with E-state index in [0.29, 0.717) is 0 Å². The normalized spacial score (nSPS) is 14.8. The molecule has 2 aromatic rings. The standard InChI is InChI=1S/C18H20F2N2O3S/c19-18(20)25-16-5-1-2-6-17(16)26(23,24)21-13-14-7-9-15(10-8-14)22-11-3-4-12-22/h1-2,5-10,18,21H,3-4,11-13H2. The lowest BCUT2D eigenvalue weighted by Crippen LogP contribution is -2.24. The summed E-state index contributed by atoms with van der Waals surface area (Å²) in [6.07, 6.45) is 2.36. The lowest BCUT2D eigenvalue weighted by atomic mass is 10.2. The van der Waals surface area contributed by atoms with Crippen LogP contribution in [-0.2, 0) is 16.6 Å². The molecule has 0 saturated carbocycles. The third-order valence-corrected chi connectivity index (χ3v) is 5.67. The Labute approximate surface area is 151 Å². The maximum absolute atomic E-state index is 12.5. The SMILES string of the molecule is O=S(=O)(NCc1ccc(N2CCCC2)cc1)c1ccccc1OC(F)F. The number of para-hydroxylation sites is 1. The molecule has 1 fully saturated rings. The zero-order chi connectivity index (χ0) is 18.6. The second kappa shape index (κ2) is 8.01. The van der Waals surface area contributed by atoms with E-state index in [4.69, 9.17) is 0 Å². The smallest absolute Gasteiger partial charge is 0.387 e. The number of benzene rings is 2. The molecule has 0 radical (unpaired) electrons. The number of hydrogen-bond acceptors (Lipinski definition) is 4. The van der Waals surface area contributed by atoms with Crippen molar-refractivity contribution in [3.8, 4) is 5.75 Å². The van der Waals surface area contributed by atoms with Crippen LogP contribution in [0.25, 0.3) is 0 Å². The largest absolute Gasteiger partial charge is 0.433 e. The summed E-state index contributed by atoms with van der Waals surface area (Å²) in [7, 11) is -3.98. The van der Waals surface area contributed by atoms with E-state index in [2.05, 4.69) is 14.4 Å². The van der Waals surface area contributed by atoms with Crippen molar-refractivity contribution in [3.63, 3.8) is 0 Å². The molecule has 0 aromatic heterocycles. The van der Waals surface area contributed by atoms with Crippen molar-refractivity contribution in [2.75, 3.05) is 18.0 Å². The Kier molecular flexibility index (Phi) is 5.73. The van der Waals surface area contributed by atoms with Gasteiger partial charge < -0.3 is 9.64 Å². The molecule has 1 heterocycles. The molecule has 2 aromatic carbocycles. The summed E-state index contributed by atoms with van der Waals surface area (Å²) in [5.41, 5.74) is 1.90. The molecule has 0 atom stereocenters. The minimum Gasteiger partial charge on any atom is -0.433 e. The Bertz CT molecular complexity index is 836. The lowest BCUT2D eigenvalue weighted by molar-refractivity contribution is -0.0517. The first-order valence-corrected chi connectivity index (χ1v) is 9.81. The van der Waals surface area contributed by atoms with Gasteiger partial charge in [0.1, 0.15) is 10.6 Å². The molecule has 0 aliphatic carbocycles. The molecule has 5 nitrogen and oxygen atoms in total. The first-order chi connectivity index (χ1) is 12.5. The van der Waals surface area contributed by atoms with E-state index in [0.717, 1.165) is 24.3 Å². The maximum Gasteiger partial charge on any atom is 0.387 e. The van der Waals surface area contributed by atoms with Gasteiger partial charge in [0, 0.05) is 25.3 Å². The van der Waals surface area contributed by atoms with Gasteiger partial charge in [0.2, 0.25) is 10.0 Å². The minimum absolute atomic E-state index is 0.0611. The number of ether oxygens (including phenoxy) is 1. The number of rotatable bonds is 7. The van der Waals surface area contributed by atoms with Gasteiger partial charge in [0.15, 0.2) is 0 Å². The number of halogens is 2. The molecule has 1 N–H and O–H groups in total. The van der Waals surface area contributed by atoms with Crippen LogP contribution < -0.4 is 14.4 Å². The fourth-order valence-electron chi connectivity index (χ4n) is 2.92. The van der Waals surface area contributed by atoms with Crippen LogP contribution in [0.5, 0.6) is 5.75 Å². The van der Waals surface area contributed by atoms with Gasteiger partial charge in [-0.25, -0.2) is 13.1 Å². The molecule has 0 bridgehead atoms. The van der Waals surface area contributed by atoms with Crippen LogP contribution in [-0.4, -0.2) is 28.1 Å². The highest BCUT2D eigenvalue weighted by molar-refractivity contribution is 7.89. The molecule has 140 valence electrons. The van der Waals surface area contributed by atoms with Crippen molar-refractivity contribution in [2.45, 2.75) is 30.9 Å². The van der Waals surface area contributed by atoms with E-state index < -0.39 is 16.6 Å². The van der Waals surface area contributed by atoms with Gasteiger partial charge in [-0.1, -0.05) is 24.3 Å². The zero-order valence-electron chi connectivity index (χ0n) is 14.1. The summed E-state index contributed by atoms with van der Waals surface area (Å²) < 4.78 is 56.5. The number of nitrogens with one attached hydrogen (secondary N) is 1. The van der Waals surface area contributed by atoms with Crippen LogP contribution in [0.15, 0.2) is 53.4 Å². The topological polar surface area (TPSA) is 58.6 Å². The summed E-state index contributed by atoms with van der Waals surface area (Å²) in [6, 6.07) is 13.0. The number of hydrogen-bond donors (Lipinski definition) is 1. The van der Waals surface area contributed by atoms with Crippen molar-refractivity contribution in [2.24, 2.45) is 0 Å². The van der Waals surface area contributed by atoms with Gasteiger partial charge in [-0.05, 0) is 42.7 Å². The van der Waals surface area contributed by atoms with Crippen molar-refractivity contribution >= 4 is 15.7 Å². The van der Waals surface area contributed by atoms with Crippen molar-refractivity contribution in [3.05, 3.63) is 54.1 Å². The average molecular weight is 382 g/mol. The highest BCUT2D eigenvalue weighted by Gasteiger charge is 2.21.